The van der Waals surface area contributed by atoms with Crippen LogP contribution in [0.15, 0.2) is 72.8 Å². The second-order valence-corrected chi connectivity index (χ2v) is 11.6. The van der Waals surface area contributed by atoms with Crippen LogP contribution in [0.4, 0.5) is 10.5 Å². The van der Waals surface area contributed by atoms with E-state index in [1.807, 2.05) is 53.4 Å². The minimum atomic E-state index is -0.334. The molecule has 1 saturated heterocycles. The number of ether oxygens (including phenoxy) is 6. The van der Waals surface area contributed by atoms with Gasteiger partial charge in [-0.2, -0.15) is 0 Å². The van der Waals surface area contributed by atoms with Crippen molar-refractivity contribution in [3.05, 3.63) is 89.5 Å². The number of carbonyl (C=O) groups is 1. The van der Waals surface area contributed by atoms with Crippen molar-refractivity contribution >= 4 is 11.8 Å². The molecular weight excluding hydrogens is 572 g/mol. The molecule has 5 rings (SSSR count). The maximum atomic E-state index is 13.6. The number of benzene rings is 3. The van der Waals surface area contributed by atoms with E-state index in [4.69, 9.17) is 28.4 Å². The summed E-state index contributed by atoms with van der Waals surface area (Å²) in [6.45, 7) is 4.72. The summed E-state index contributed by atoms with van der Waals surface area (Å²) in [6.07, 6.45) is 1.81. The van der Waals surface area contributed by atoms with Crippen molar-refractivity contribution in [2.45, 2.75) is 50.5 Å². The molecule has 45 heavy (non-hydrogen) atoms. The van der Waals surface area contributed by atoms with E-state index in [1.165, 1.54) is 0 Å². The number of carbonyl (C=O) groups excluding carboxylic acids is 1. The monoisotopic (exact) mass is 618 g/mol. The Morgan fingerprint density at radius 2 is 1.71 bits per heavy atom. The number of likely N-dealkylation sites (tertiary alicyclic amines) is 1. The van der Waals surface area contributed by atoms with Gasteiger partial charge in [0.25, 0.3) is 0 Å². The lowest BCUT2D eigenvalue weighted by atomic mass is 9.82. The van der Waals surface area contributed by atoms with Gasteiger partial charge in [-0.3, -0.25) is 0 Å². The first-order chi connectivity index (χ1) is 22.1. The first kappa shape index (κ1) is 32.6. The van der Waals surface area contributed by atoms with Gasteiger partial charge in [0.15, 0.2) is 0 Å². The summed E-state index contributed by atoms with van der Waals surface area (Å²) < 4.78 is 34.6. The van der Waals surface area contributed by atoms with Crippen LogP contribution in [-0.4, -0.2) is 83.9 Å². The first-order valence-electron chi connectivity index (χ1n) is 15.8. The summed E-state index contributed by atoms with van der Waals surface area (Å²) in [6, 6.07) is 24.1. The molecule has 9 nitrogen and oxygen atoms in total. The molecule has 2 aliphatic rings. The minimum Gasteiger partial charge on any atom is -0.497 e. The van der Waals surface area contributed by atoms with E-state index in [-0.39, 0.29) is 30.8 Å². The maximum absolute atomic E-state index is 13.6. The van der Waals surface area contributed by atoms with Crippen molar-refractivity contribution in [1.29, 1.82) is 0 Å². The van der Waals surface area contributed by atoms with Gasteiger partial charge >= 0.3 is 6.09 Å². The van der Waals surface area contributed by atoms with E-state index < -0.39 is 0 Å². The SMILES string of the molecule is COCCCN1CCOc2ccc(CO[C@H]3CN(C(=O)OCc4ccccc4)[C@H](CCOC)C[C@@H]3c3ccc(OC)cc3)cc21. The fourth-order valence-corrected chi connectivity index (χ4v) is 6.21. The molecule has 1 amide bonds. The van der Waals surface area contributed by atoms with Gasteiger partial charge in [0.05, 0.1) is 38.6 Å². The number of nitrogens with zero attached hydrogens (tertiary/aromatic N) is 2. The lowest BCUT2D eigenvalue weighted by Crippen LogP contribution is -2.52. The van der Waals surface area contributed by atoms with E-state index in [2.05, 4.69) is 29.2 Å². The highest BCUT2D eigenvalue weighted by molar-refractivity contribution is 5.68. The van der Waals surface area contributed by atoms with Crippen molar-refractivity contribution in [2.75, 3.05) is 65.7 Å². The topological polar surface area (TPSA) is 78.9 Å². The van der Waals surface area contributed by atoms with Crippen LogP contribution in [0.5, 0.6) is 11.5 Å². The average Bonchev–Trinajstić information content (AvgIpc) is 3.09. The third-order valence-corrected chi connectivity index (χ3v) is 8.65. The third-order valence-electron chi connectivity index (χ3n) is 8.65. The average molecular weight is 619 g/mol. The zero-order chi connectivity index (χ0) is 31.4. The van der Waals surface area contributed by atoms with Crippen molar-refractivity contribution in [2.24, 2.45) is 0 Å². The quantitative estimate of drug-likeness (QED) is 0.202. The zero-order valence-electron chi connectivity index (χ0n) is 26.7. The molecule has 3 aromatic carbocycles. The van der Waals surface area contributed by atoms with Crippen molar-refractivity contribution in [3.63, 3.8) is 0 Å². The van der Waals surface area contributed by atoms with Crippen molar-refractivity contribution < 1.29 is 33.2 Å². The maximum Gasteiger partial charge on any atom is 0.410 e. The van der Waals surface area contributed by atoms with Gasteiger partial charge in [-0.15, -0.1) is 0 Å². The molecule has 3 atom stereocenters. The highest BCUT2D eigenvalue weighted by Crippen LogP contribution is 2.38. The van der Waals surface area contributed by atoms with Crippen LogP contribution in [0, 0.1) is 0 Å². The summed E-state index contributed by atoms with van der Waals surface area (Å²) in [5, 5.41) is 0. The highest BCUT2D eigenvalue weighted by atomic mass is 16.6. The summed E-state index contributed by atoms with van der Waals surface area (Å²) in [5.41, 5.74) is 4.25. The Balaban J connectivity index is 1.35. The van der Waals surface area contributed by atoms with Crippen molar-refractivity contribution in [1.82, 2.24) is 4.90 Å². The number of methoxy groups -OCH3 is 3. The van der Waals surface area contributed by atoms with Crippen LogP contribution in [0.2, 0.25) is 0 Å². The largest absolute Gasteiger partial charge is 0.497 e. The molecule has 0 bridgehead atoms. The number of fused-ring (bicyclic) bond motifs is 1. The van der Waals surface area contributed by atoms with Gasteiger partial charge in [-0.1, -0.05) is 48.5 Å². The summed E-state index contributed by atoms with van der Waals surface area (Å²) in [4.78, 5) is 17.8. The Hall–Kier alpha value is -3.79. The predicted octanol–water partition coefficient (Wildman–Crippen LogP) is 6.05. The lowest BCUT2D eigenvalue weighted by molar-refractivity contribution is -0.0452. The molecule has 2 heterocycles. The molecule has 9 heteroatoms. The molecule has 0 N–H and O–H groups in total. The molecule has 0 saturated carbocycles. The first-order valence-corrected chi connectivity index (χ1v) is 15.8. The Morgan fingerprint density at radius 3 is 2.47 bits per heavy atom. The van der Waals surface area contributed by atoms with E-state index in [0.717, 1.165) is 66.4 Å². The fourth-order valence-electron chi connectivity index (χ4n) is 6.21. The van der Waals surface area contributed by atoms with Gasteiger partial charge in [0, 0.05) is 45.9 Å². The number of hydrogen-bond donors (Lipinski definition) is 0. The van der Waals surface area contributed by atoms with Gasteiger partial charge in [0.2, 0.25) is 0 Å². The van der Waals surface area contributed by atoms with Crippen molar-refractivity contribution in [3.8, 4) is 11.5 Å². The van der Waals surface area contributed by atoms with E-state index in [1.54, 1.807) is 21.3 Å². The number of hydrogen-bond acceptors (Lipinski definition) is 8. The molecule has 0 aromatic heterocycles. The molecule has 0 aliphatic carbocycles. The highest BCUT2D eigenvalue weighted by Gasteiger charge is 2.40. The molecular formula is C36H46N2O7. The predicted molar refractivity (Wildman–Crippen MR) is 173 cm³/mol. The normalized spacial score (nSPS) is 19.5. The second-order valence-electron chi connectivity index (χ2n) is 11.6. The van der Waals surface area contributed by atoms with Crippen LogP contribution in [0.25, 0.3) is 0 Å². The number of piperidine rings is 1. The van der Waals surface area contributed by atoms with E-state index >= 15 is 0 Å². The van der Waals surface area contributed by atoms with E-state index in [0.29, 0.717) is 32.8 Å². The van der Waals surface area contributed by atoms with Crippen LogP contribution in [0.1, 0.15) is 41.9 Å². The molecule has 2 aliphatic heterocycles. The molecule has 1 fully saturated rings. The Labute approximate surface area is 266 Å². The lowest BCUT2D eigenvalue weighted by Gasteiger charge is -2.43. The van der Waals surface area contributed by atoms with E-state index in [9.17, 15) is 4.79 Å². The van der Waals surface area contributed by atoms with Gasteiger partial charge in [0.1, 0.15) is 24.7 Å². The zero-order valence-corrected chi connectivity index (χ0v) is 26.7. The number of rotatable bonds is 14. The third kappa shape index (κ3) is 8.69. The Morgan fingerprint density at radius 1 is 0.911 bits per heavy atom. The summed E-state index contributed by atoms with van der Waals surface area (Å²) >= 11 is 0. The van der Waals surface area contributed by atoms with Crippen LogP contribution >= 0.6 is 0 Å². The van der Waals surface area contributed by atoms with Gasteiger partial charge in [-0.05, 0) is 60.2 Å². The van der Waals surface area contributed by atoms with Crippen LogP contribution < -0.4 is 14.4 Å². The van der Waals surface area contributed by atoms with Gasteiger partial charge < -0.3 is 38.2 Å². The summed E-state index contributed by atoms with van der Waals surface area (Å²) in [7, 11) is 5.09. The standard InChI is InChI=1S/C36H46N2O7/c1-40-19-7-17-37-18-21-43-34-15-10-28(22-33(34)37)26-44-35-24-38(36(39)45-25-27-8-5-4-6-9-27)30(16-20-41-2)23-32(35)29-11-13-31(42-3)14-12-29/h4-6,8-15,22,30,32,35H,7,16-21,23-26H2,1-3H3/t30-,32-,35+/m1/s1. The number of anilines is 1. The van der Waals surface area contributed by atoms with Gasteiger partial charge in [-0.25, -0.2) is 4.79 Å². The van der Waals surface area contributed by atoms with Crippen LogP contribution in [-0.2, 0) is 32.2 Å². The Bertz CT molecular complexity index is 1340. The minimum absolute atomic E-state index is 0.0540. The molecule has 3 aromatic rings. The summed E-state index contributed by atoms with van der Waals surface area (Å²) in [5.74, 6) is 1.77. The Kier molecular flexibility index (Phi) is 12.0. The number of amides is 1. The van der Waals surface area contributed by atoms with Crippen LogP contribution in [0.3, 0.4) is 0 Å². The molecule has 0 unspecified atom stereocenters. The molecule has 0 radical (unpaired) electrons. The fraction of sp³-hybridized carbons (Fsp3) is 0.472. The molecule has 0 spiro atoms. The smallest absolute Gasteiger partial charge is 0.410 e. The molecule has 242 valence electrons. The second kappa shape index (κ2) is 16.5.